The maximum absolute atomic E-state index is 11.3. The van der Waals surface area contributed by atoms with Crippen LogP contribution in [0, 0.1) is 6.92 Å². The van der Waals surface area contributed by atoms with Crippen LogP contribution in [0.2, 0.25) is 0 Å². The first-order chi connectivity index (χ1) is 13.1. The largest absolute Gasteiger partial charge is 0.364 e. The average Bonchev–Trinajstić information content (AvgIpc) is 3.19. The lowest BCUT2D eigenvalue weighted by Crippen LogP contribution is -2.10. The highest BCUT2D eigenvalue weighted by Gasteiger charge is 2.11. The first-order valence-electron chi connectivity index (χ1n) is 8.74. The minimum atomic E-state index is -0.519. The van der Waals surface area contributed by atoms with Crippen LogP contribution in [0.4, 0.5) is 0 Å². The molecule has 0 fully saturated rings. The molecule has 3 aromatic carbocycles. The van der Waals surface area contributed by atoms with Gasteiger partial charge in [0.2, 0.25) is 0 Å². The van der Waals surface area contributed by atoms with Crippen LogP contribution in [0.25, 0.3) is 33.5 Å². The van der Waals surface area contributed by atoms with E-state index < -0.39 is 5.91 Å². The van der Waals surface area contributed by atoms with Crippen molar-refractivity contribution in [3.63, 3.8) is 0 Å². The van der Waals surface area contributed by atoms with Crippen LogP contribution < -0.4 is 5.73 Å². The van der Waals surface area contributed by atoms with Crippen LogP contribution in [0.5, 0.6) is 0 Å². The number of nitrogens with one attached hydrogen (secondary N) is 1. The minimum Gasteiger partial charge on any atom is -0.364 e. The lowest BCUT2D eigenvalue weighted by molar-refractivity contribution is 0.0995. The van der Waals surface area contributed by atoms with E-state index in [2.05, 4.69) is 71.7 Å². The molecule has 0 unspecified atom stereocenters. The Labute approximate surface area is 157 Å². The fourth-order valence-electron chi connectivity index (χ4n) is 3.24. The molecule has 1 amide bonds. The van der Waals surface area contributed by atoms with Gasteiger partial charge in [-0.15, -0.1) is 0 Å². The summed E-state index contributed by atoms with van der Waals surface area (Å²) < 4.78 is 0. The molecule has 4 heteroatoms. The van der Waals surface area contributed by atoms with Gasteiger partial charge in [0.15, 0.2) is 0 Å². The summed E-state index contributed by atoms with van der Waals surface area (Å²) in [4.78, 5) is 11.3. The van der Waals surface area contributed by atoms with E-state index in [1.807, 2.05) is 18.2 Å². The van der Waals surface area contributed by atoms with Crippen molar-refractivity contribution in [2.75, 3.05) is 0 Å². The molecule has 3 N–H and O–H groups in total. The number of hydrogen-bond acceptors (Lipinski definition) is 2. The van der Waals surface area contributed by atoms with Crippen molar-refractivity contribution in [1.29, 1.82) is 0 Å². The normalized spacial score (nSPS) is 10.7. The number of primary amides is 1. The van der Waals surface area contributed by atoms with E-state index in [4.69, 9.17) is 5.73 Å². The summed E-state index contributed by atoms with van der Waals surface area (Å²) in [5, 5.41) is 6.89. The van der Waals surface area contributed by atoms with Crippen molar-refractivity contribution in [3.8, 4) is 33.5 Å². The number of carbonyl (C=O) groups excluding carboxylic acids is 1. The van der Waals surface area contributed by atoms with Crippen LogP contribution in [0.15, 0.2) is 78.9 Å². The molecule has 132 valence electrons. The highest BCUT2D eigenvalue weighted by molar-refractivity contribution is 5.92. The summed E-state index contributed by atoms with van der Waals surface area (Å²) in [6.07, 6.45) is 0. The van der Waals surface area contributed by atoms with E-state index in [-0.39, 0.29) is 0 Å². The Balaban J connectivity index is 1.80. The number of aromatic amines is 1. The predicted molar refractivity (Wildman–Crippen MR) is 108 cm³/mol. The number of amides is 1. The lowest BCUT2D eigenvalue weighted by atomic mass is 9.93. The highest BCUT2D eigenvalue weighted by Crippen LogP contribution is 2.34. The van der Waals surface area contributed by atoms with Crippen molar-refractivity contribution < 1.29 is 4.79 Å². The molecule has 0 aliphatic rings. The minimum absolute atomic E-state index is 0.301. The summed E-state index contributed by atoms with van der Waals surface area (Å²) in [6, 6.07) is 26.6. The van der Waals surface area contributed by atoms with Crippen molar-refractivity contribution >= 4 is 5.91 Å². The first-order valence-corrected chi connectivity index (χ1v) is 8.74. The summed E-state index contributed by atoms with van der Waals surface area (Å²) >= 11 is 0. The average molecular weight is 353 g/mol. The smallest absolute Gasteiger partial charge is 0.266 e. The molecule has 27 heavy (non-hydrogen) atoms. The van der Waals surface area contributed by atoms with E-state index in [0.29, 0.717) is 11.4 Å². The fraction of sp³-hybridized carbons (Fsp3) is 0.0435. The SMILES string of the molecule is Cc1cccc(-c2ccccc2-c2cccc(-c3cc(C(N)=O)[nH]n3)c2)c1. The van der Waals surface area contributed by atoms with E-state index in [1.54, 1.807) is 6.07 Å². The molecular formula is C23H19N3O. The van der Waals surface area contributed by atoms with Gasteiger partial charge in [0.05, 0.1) is 5.69 Å². The molecule has 0 spiro atoms. The van der Waals surface area contributed by atoms with Gasteiger partial charge in [0, 0.05) is 5.56 Å². The van der Waals surface area contributed by atoms with Crippen LogP contribution in [0.3, 0.4) is 0 Å². The van der Waals surface area contributed by atoms with Gasteiger partial charge in [-0.1, -0.05) is 72.3 Å². The molecule has 0 saturated carbocycles. The maximum atomic E-state index is 11.3. The lowest BCUT2D eigenvalue weighted by Gasteiger charge is -2.11. The Hall–Kier alpha value is -3.66. The standard InChI is InChI=1S/C23H19N3O/c1-15-6-4-7-16(12-15)19-10-2-3-11-20(19)17-8-5-9-18(13-17)21-14-22(23(24)27)26-25-21/h2-14H,1H3,(H2,24,27)(H,25,26). The van der Waals surface area contributed by atoms with E-state index >= 15 is 0 Å². The Kier molecular flexibility index (Phi) is 4.30. The number of aryl methyl sites for hydroxylation is 1. The number of hydrogen-bond donors (Lipinski definition) is 2. The van der Waals surface area contributed by atoms with Gasteiger partial charge >= 0.3 is 0 Å². The summed E-state index contributed by atoms with van der Waals surface area (Å²) in [7, 11) is 0. The molecule has 1 aromatic heterocycles. The van der Waals surface area contributed by atoms with Crippen LogP contribution in [-0.2, 0) is 0 Å². The molecule has 4 nitrogen and oxygen atoms in total. The maximum Gasteiger partial charge on any atom is 0.266 e. The van der Waals surface area contributed by atoms with Gasteiger partial charge in [-0.25, -0.2) is 0 Å². The number of benzene rings is 3. The van der Waals surface area contributed by atoms with Crippen LogP contribution >= 0.6 is 0 Å². The molecule has 4 aromatic rings. The molecule has 1 heterocycles. The number of nitrogens with zero attached hydrogens (tertiary/aromatic N) is 1. The fourth-order valence-corrected chi connectivity index (χ4v) is 3.24. The number of rotatable bonds is 4. The van der Waals surface area contributed by atoms with Gasteiger partial charge in [-0.3, -0.25) is 9.89 Å². The van der Waals surface area contributed by atoms with Crippen molar-refractivity contribution in [2.45, 2.75) is 6.92 Å². The first kappa shape index (κ1) is 16.8. The molecule has 0 bridgehead atoms. The molecule has 0 aliphatic carbocycles. The zero-order chi connectivity index (χ0) is 18.8. The van der Waals surface area contributed by atoms with Crippen molar-refractivity contribution in [3.05, 3.63) is 90.1 Å². The Morgan fingerprint density at radius 2 is 1.44 bits per heavy atom. The Bertz CT molecular complexity index is 1130. The third kappa shape index (κ3) is 3.37. The van der Waals surface area contributed by atoms with Gasteiger partial charge in [-0.2, -0.15) is 5.10 Å². The van der Waals surface area contributed by atoms with Crippen molar-refractivity contribution in [1.82, 2.24) is 10.2 Å². The molecule has 0 aliphatic heterocycles. The Morgan fingerprint density at radius 3 is 2.07 bits per heavy atom. The summed E-state index contributed by atoms with van der Waals surface area (Å²) in [6.45, 7) is 2.10. The van der Waals surface area contributed by atoms with Gasteiger partial charge in [-0.05, 0) is 41.3 Å². The summed E-state index contributed by atoms with van der Waals surface area (Å²) in [5.41, 5.74) is 13.1. The predicted octanol–water partition coefficient (Wildman–Crippen LogP) is 4.82. The second kappa shape index (κ2) is 6.92. The van der Waals surface area contributed by atoms with E-state index in [1.165, 1.54) is 16.7 Å². The molecule has 0 saturated heterocycles. The molecule has 0 radical (unpaired) electrons. The number of carbonyl (C=O) groups is 1. The van der Waals surface area contributed by atoms with Gasteiger partial charge in [0.25, 0.3) is 5.91 Å². The van der Waals surface area contributed by atoms with Gasteiger partial charge in [0.1, 0.15) is 5.69 Å². The molecule has 0 atom stereocenters. The van der Waals surface area contributed by atoms with Crippen LogP contribution in [0.1, 0.15) is 16.1 Å². The zero-order valence-corrected chi connectivity index (χ0v) is 14.9. The monoisotopic (exact) mass is 353 g/mol. The topological polar surface area (TPSA) is 71.8 Å². The summed E-state index contributed by atoms with van der Waals surface area (Å²) in [5.74, 6) is -0.519. The molecule has 4 rings (SSSR count). The van der Waals surface area contributed by atoms with E-state index in [0.717, 1.165) is 16.7 Å². The molecular weight excluding hydrogens is 334 g/mol. The third-order valence-corrected chi connectivity index (χ3v) is 4.57. The van der Waals surface area contributed by atoms with Crippen molar-refractivity contribution in [2.24, 2.45) is 5.73 Å². The van der Waals surface area contributed by atoms with Crippen LogP contribution in [-0.4, -0.2) is 16.1 Å². The van der Waals surface area contributed by atoms with Gasteiger partial charge < -0.3 is 5.73 Å². The second-order valence-corrected chi connectivity index (χ2v) is 6.53. The number of nitrogens with two attached hydrogens (primary N) is 1. The highest BCUT2D eigenvalue weighted by atomic mass is 16.1. The van der Waals surface area contributed by atoms with E-state index in [9.17, 15) is 4.79 Å². The third-order valence-electron chi connectivity index (χ3n) is 4.57. The zero-order valence-electron chi connectivity index (χ0n) is 14.9. The second-order valence-electron chi connectivity index (χ2n) is 6.53. The number of H-pyrrole nitrogens is 1. The number of aromatic nitrogens is 2. The Morgan fingerprint density at radius 1 is 0.815 bits per heavy atom. The quantitative estimate of drug-likeness (QED) is 0.552.